The Balaban J connectivity index is 2.23. The molecule has 4 aromatic rings. The molecule has 20 heavy (non-hydrogen) atoms. The fourth-order valence-corrected chi connectivity index (χ4v) is 2.60. The summed E-state index contributed by atoms with van der Waals surface area (Å²) in [5, 5.41) is 7.62. The Morgan fingerprint density at radius 3 is 2.55 bits per heavy atom. The summed E-state index contributed by atoms with van der Waals surface area (Å²) in [4.78, 5) is 11.9. The number of H-pyrrole nitrogens is 1. The highest BCUT2D eigenvalue weighted by molar-refractivity contribution is 5.96. The van der Waals surface area contributed by atoms with Gasteiger partial charge in [-0.3, -0.25) is 0 Å². The van der Waals surface area contributed by atoms with Gasteiger partial charge in [-0.2, -0.15) is 5.10 Å². The third-order valence-corrected chi connectivity index (χ3v) is 3.49. The lowest BCUT2D eigenvalue weighted by Crippen LogP contribution is -2.10. The predicted octanol–water partition coefficient (Wildman–Crippen LogP) is 2.84. The van der Waals surface area contributed by atoms with E-state index in [9.17, 15) is 4.79 Å². The lowest BCUT2D eigenvalue weighted by Gasteiger charge is -2.08. The van der Waals surface area contributed by atoms with E-state index in [4.69, 9.17) is 0 Å². The third-order valence-electron chi connectivity index (χ3n) is 3.49. The molecule has 4 nitrogen and oxygen atoms in total. The largest absolute Gasteiger partial charge is 0.348 e. The number of fused-ring (bicyclic) bond motifs is 3. The Labute approximate surface area is 114 Å². The number of hydrogen-bond acceptors (Lipinski definition) is 2. The molecule has 0 aliphatic carbocycles. The molecule has 0 radical (unpaired) electrons. The Hall–Kier alpha value is -2.88. The van der Waals surface area contributed by atoms with E-state index < -0.39 is 0 Å². The van der Waals surface area contributed by atoms with E-state index in [1.165, 1.54) is 0 Å². The van der Waals surface area contributed by atoms with Gasteiger partial charge < -0.3 is 0 Å². The van der Waals surface area contributed by atoms with E-state index >= 15 is 0 Å². The Morgan fingerprint density at radius 1 is 0.950 bits per heavy atom. The van der Waals surface area contributed by atoms with Crippen molar-refractivity contribution in [3.05, 3.63) is 71.1 Å². The lowest BCUT2D eigenvalue weighted by molar-refractivity contribution is 1.04. The Kier molecular flexibility index (Phi) is 2.23. The average molecular weight is 261 g/mol. The van der Waals surface area contributed by atoms with Crippen LogP contribution in [0.4, 0.5) is 0 Å². The second kappa shape index (κ2) is 4.06. The molecule has 0 unspecified atom stereocenters. The zero-order chi connectivity index (χ0) is 13.5. The number of hydrogen-bond donors (Lipinski definition) is 1. The maximum absolute atomic E-state index is 11.9. The first-order valence-electron chi connectivity index (χ1n) is 6.39. The molecule has 0 aliphatic rings. The van der Waals surface area contributed by atoms with E-state index in [1.54, 1.807) is 4.40 Å². The van der Waals surface area contributed by atoms with E-state index in [0.717, 1.165) is 22.0 Å². The van der Waals surface area contributed by atoms with Crippen LogP contribution in [0.25, 0.3) is 27.7 Å². The van der Waals surface area contributed by atoms with Gasteiger partial charge in [-0.05, 0) is 23.3 Å². The summed E-state index contributed by atoms with van der Waals surface area (Å²) >= 11 is 0. The minimum atomic E-state index is -0.212. The van der Waals surface area contributed by atoms with Crippen molar-refractivity contribution in [1.82, 2.24) is 14.6 Å². The van der Waals surface area contributed by atoms with Crippen LogP contribution in [0.1, 0.15) is 0 Å². The number of nitrogens with one attached hydrogen (secondary N) is 1. The minimum absolute atomic E-state index is 0.212. The first kappa shape index (κ1) is 11.0. The van der Waals surface area contributed by atoms with Crippen molar-refractivity contribution in [3.8, 4) is 11.1 Å². The quantitative estimate of drug-likeness (QED) is 0.573. The summed E-state index contributed by atoms with van der Waals surface area (Å²) < 4.78 is 1.60. The van der Waals surface area contributed by atoms with Crippen molar-refractivity contribution in [2.24, 2.45) is 0 Å². The van der Waals surface area contributed by atoms with Crippen LogP contribution in [0, 0.1) is 0 Å². The maximum Gasteiger partial charge on any atom is 0.348 e. The standard InChI is InChI=1S/C16H11N3O/c20-16-18-17-15-10-13(11-6-2-1-3-7-11)12-8-4-5-9-14(12)19(15)16/h1-10H,(H,18,20). The third kappa shape index (κ3) is 1.48. The van der Waals surface area contributed by atoms with Crippen LogP contribution in [0.2, 0.25) is 0 Å². The molecule has 0 atom stereocenters. The lowest BCUT2D eigenvalue weighted by atomic mass is 10.0. The molecule has 1 N–H and O–H groups in total. The summed E-state index contributed by atoms with van der Waals surface area (Å²) in [6, 6.07) is 19.9. The topological polar surface area (TPSA) is 50.2 Å². The smallest absolute Gasteiger partial charge is 0.246 e. The second-order valence-electron chi connectivity index (χ2n) is 4.66. The van der Waals surface area contributed by atoms with Crippen molar-refractivity contribution in [1.29, 1.82) is 0 Å². The van der Waals surface area contributed by atoms with Crippen LogP contribution < -0.4 is 5.69 Å². The van der Waals surface area contributed by atoms with Gasteiger partial charge in [0.2, 0.25) is 0 Å². The first-order valence-corrected chi connectivity index (χ1v) is 6.39. The number of aromatic nitrogens is 3. The molecule has 2 aromatic carbocycles. The van der Waals surface area contributed by atoms with E-state index in [-0.39, 0.29) is 5.69 Å². The van der Waals surface area contributed by atoms with Gasteiger partial charge in [0.25, 0.3) is 0 Å². The van der Waals surface area contributed by atoms with Crippen LogP contribution in [-0.2, 0) is 0 Å². The summed E-state index contributed by atoms with van der Waals surface area (Å²) in [6.45, 7) is 0. The van der Waals surface area contributed by atoms with Gasteiger partial charge in [-0.1, -0.05) is 48.5 Å². The normalized spacial score (nSPS) is 11.2. The van der Waals surface area contributed by atoms with Crippen molar-refractivity contribution in [2.45, 2.75) is 0 Å². The predicted molar refractivity (Wildman–Crippen MR) is 78.8 cm³/mol. The molecule has 4 rings (SSSR count). The number of nitrogens with zero attached hydrogens (tertiary/aromatic N) is 2. The minimum Gasteiger partial charge on any atom is -0.246 e. The molecule has 0 spiro atoms. The van der Waals surface area contributed by atoms with Gasteiger partial charge in [0.05, 0.1) is 5.52 Å². The van der Waals surface area contributed by atoms with Gasteiger partial charge in [0.1, 0.15) is 0 Å². The van der Waals surface area contributed by atoms with Gasteiger partial charge in [-0.15, -0.1) is 0 Å². The molecule has 0 aliphatic heterocycles. The zero-order valence-electron chi connectivity index (χ0n) is 10.6. The van der Waals surface area contributed by atoms with Crippen molar-refractivity contribution < 1.29 is 0 Å². The molecule has 0 saturated carbocycles. The van der Waals surface area contributed by atoms with Crippen molar-refractivity contribution >= 4 is 16.6 Å². The molecule has 0 amide bonds. The highest BCUT2D eigenvalue weighted by Crippen LogP contribution is 2.29. The molecule has 0 fully saturated rings. The van der Waals surface area contributed by atoms with Crippen LogP contribution in [0.3, 0.4) is 0 Å². The fraction of sp³-hybridized carbons (Fsp3) is 0. The summed E-state index contributed by atoms with van der Waals surface area (Å²) in [5.74, 6) is 0. The van der Waals surface area contributed by atoms with Crippen molar-refractivity contribution in [2.75, 3.05) is 0 Å². The first-order chi connectivity index (χ1) is 9.84. The molecule has 2 heterocycles. The molecule has 2 aromatic heterocycles. The highest BCUT2D eigenvalue weighted by Gasteiger charge is 2.10. The van der Waals surface area contributed by atoms with E-state index in [2.05, 4.69) is 22.3 Å². The molecule has 4 heteroatoms. The van der Waals surface area contributed by atoms with E-state index in [0.29, 0.717) is 5.65 Å². The van der Waals surface area contributed by atoms with Crippen LogP contribution in [-0.4, -0.2) is 14.6 Å². The monoisotopic (exact) mass is 261 g/mol. The number of rotatable bonds is 1. The van der Waals surface area contributed by atoms with Gasteiger partial charge in [-0.25, -0.2) is 14.3 Å². The summed E-state index contributed by atoms with van der Waals surface area (Å²) in [6.07, 6.45) is 0. The SMILES string of the molecule is O=c1[nH]nc2cc(-c3ccccc3)c3ccccc3n12. The van der Waals surface area contributed by atoms with Gasteiger partial charge >= 0.3 is 5.69 Å². The molecule has 96 valence electrons. The fourth-order valence-electron chi connectivity index (χ4n) is 2.60. The zero-order valence-corrected chi connectivity index (χ0v) is 10.6. The Bertz CT molecular complexity index is 967. The van der Waals surface area contributed by atoms with E-state index in [1.807, 2.05) is 48.5 Å². The van der Waals surface area contributed by atoms with Crippen LogP contribution >= 0.6 is 0 Å². The van der Waals surface area contributed by atoms with Gasteiger partial charge in [0, 0.05) is 5.39 Å². The van der Waals surface area contributed by atoms with Crippen molar-refractivity contribution in [3.63, 3.8) is 0 Å². The van der Waals surface area contributed by atoms with Crippen LogP contribution in [0.15, 0.2) is 65.5 Å². The maximum atomic E-state index is 11.9. The number of benzene rings is 2. The average Bonchev–Trinajstić information content (AvgIpc) is 2.89. The number of para-hydroxylation sites is 1. The summed E-state index contributed by atoms with van der Waals surface area (Å²) in [5.41, 5.74) is 3.47. The highest BCUT2D eigenvalue weighted by atomic mass is 16.1. The second-order valence-corrected chi connectivity index (χ2v) is 4.66. The molecular formula is C16H11N3O. The van der Waals surface area contributed by atoms with Gasteiger partial charge in [0.15, 0.2) is 5.65 Å². The molecule has 0 bridgehead atoms. The molecular weight excluding hydrogens is 250 g/mol. The summed E-state index contributed by atoms with van der Waals surface area (Å²) in [7, 11) is 0. The van der Waals surface area contributed by atoms with Crippen LogP contribution in [0.5, 0.6) is 0 Å². The number of aromatic amines is 1. The molecule has 0 saturated heterocycles. The number of pyridine rings is 1. The Morgan fingerprint density at radius 2 is 1.70 bits per heavy atom.